The second-order valence-electron chi connectivity index (χ2n) is 10.1. The summed E-state index contributed by atoms with van der Waals surface area (Å²) in [5.74, 6) is 0.0798. The first-order valence-electron chi connectivity index (χ1n) is 11.0. The van der Waals surface area contributed by atoms with E-state index in [1.54, 1.807) is 0 Å². The van der Waals surface area contributed by atoms with Gasteiger partial charge in [-0.1, -0.05) is 24.3 Å². The van der Waals surface area contributed by atoms with E-state index in [1.807, 2.05) is 67.3 Å². The van der Waals surface area contributed by atoms with Crippen LogP contribution in [0.25, 0.3) is 0 Å². The molecule has 4 saturated carbocycles. The summed E-state index contributed by atoms with van der Waals surface area (Å²) >= 11 is 0. The second kappa shape index (κ2) is 6.69. The highest BCUT2D eigenvalue weighted by molar-refractivity contribution is 6.04. The summed E-state index contributed by atoms with van der Waals surface area (Å²) < 4.78 is 0. The van der Waals surface area contributed by atoms with Crippen molar-refractivity contribution in [1.82, 2.24) is 0 Å². The molecule has 4 fully saturated rings. The standard InChI is InChI=1S/C26H29NO3/c1-17-5-3-7-21(9-17)27(22-8-4-6-18(2)10-22)23(28)25-12-19-11-20(13-25)15-26(14-19,16-25)24(29)30/h3-10,19-20H,11-16H2,1-2H3,(H,29,30). The minimum atomic E-state index is -0.718. The van der Waals surface area contributed by atoms with Gasteiger partial charge in [-0.25, -0.2) is 0 Å². The fourth-order valence-corrected chi connectivity index (χ4v) is 6.92. The highest BCUT2D eigenvalue weighted by atomic mass is 16.4. The first-order valence-corrected chi connectivity index (χ1v) is 11.0. The lowest BCUT2D eigenvalue weighted by molar-refractivity contribution is -0.177. The highest BCUT2D eigenvalue weighted by Gasteiger charge is 2.64. The molecular formula is C26H29NO3. The van der Waals surface area contributed by atoms with Crippen LogP contribution in [0.5, 0.6) is 0 Å². The van der Waals surface area contributed by atoms with Crippen molar-refractivity contribution in [2.45, 2.75) is 52.4 Å². The summed E-state index contributed by atoms with van der Waals surface area (Å²) in [5, 5.41) is 10.1. The van der Waals surface area contributed by atoms with Gasteiger partial charge in [0.15, 0.2) is 0 Å². The van der Waals surface area contributed by atoms with Gasteiger partial charge in [-0.2, -0.15) is 0 Å². The monoisotopic (exact) mass is 403 g/mol. The number of carboxylic acids is 1. The maximum absolute atomic E-state index is 14.3. The number of hydrogen-bond donors (Lipinski definition) is 1. The molecule has 2 unspecified atom stereocenters. The third-order valence-electron chi connectivity index (χ3n) is 7.69. The molecule has 1 N–H and O–H groups in total. The summed E-state index contributed by atoms with van der Waals surface area (Å²) in [4.78, 5) is 28.5. The van der Waals surface area contributed by atoms with Crippen LogP contribution in [0.1, 0.15) is 49.7 Å². The lowest BCUT2D eigenvalue weighted by Crippen LogP contribution is -2.59. The molecule has 30 heavy (non-hydrogen) atoms. The van der Waals surface area contributed by atoms with E-state index in [-0.39, 0.29) is 5.91 Å². The number of amides is 1. The molecule has 4 bridgehead atoms. The smallest absolute Gasteiger partial charge is 0.309 e. The van der Waals surface area contributed by atoms with Crippen molar-refractivity contribution >= 4 is 23.3 Å². The summed E-state index contributed by atoms with van der Waals surface area (Å²) in [6.45, 7) is 4.07. The topological polar surface area (TPSA) is 57.6 Å². The van der Waals surface area contributed by atoms with Crippen LogP contribution < -0.4 is 4.90 Å². The van der Waals surface area contributed by atoms with Crippen molar-refractivity contribution in [3.05, 3.63) is 59.7 Å². The fraction of sp³-hybridized carbons (Fsp3) is 0.462. The predicted octanol–water partition coefficient (Wildman–Crippen LogP) is 5.64. The molecule has 2 atom stereocenters. The first-order chi connectivity index (χ1) is 14.3. The van der Waals surface area contributed by atoms with Crippen molar-refractivity contribution < 1.29 is 14.7 Å². The average molecular weight is 404 g/mol. The Bertz CT molecular complexity index is 967. The van der Waals surface area contributed by atoms with Crippen LogP contribution in [0.4, 0.5) is 11.4 Å². The summed E-state index contributed by atoms with van der Waals surface area (Å²) in [6, 6.07) is 16.1. The number of benzene rings is 2. The number of hydrogen-bond acceptors (Lipinski definition) is 2. The van der Waals surface area contributed by atoms with Crippen molar-refractivity contribution in [2.75, 3.05) is 4.90 Å². The van der Waals surface area contributed by atoms with Crippen LogP contribution >= 0.6 is 0 Å². The minimum absolute atomic E-state index is 0.0819. The zero-order chi connectivity index (χ0) is 21.1. The second-order valence-corrected chi connectivity index (χ2v) is 10.1. The molecule has 2 aromatic rings. The van der Waals surface area contributed by atoms with Crippen molar-refractivity contribution in [3.63, 3.8) is 0 Å². The molecule has 4 nitrogen and oxygen atoms in total. The Kier molecular flexibility index (Phi) is 4.32. The van der Waals surface area contributed by atoms with Gasteiger partial charge < -0.3 is 5.11 Å². The van der Waals surface area contributed by atoms with Gasteiger partial charge in [-0.3, -0.25) is 14.5 Å². The van der Waals surface area contributed by atoms with Gasteiger partial charge in [0, 0.05) is 11.4 Å². The molecule has 1 amide bonds. The molecule has 0 saturated heterocycles. The van der Waals surface area contributed by atoms with Crippen LogP contribution in [-0.2, 0) is 9.59 Å². The zero-order valence-electron chi connectivity index (χ0n) is 17.7. The number of carboxylic acid groups (broad SMARTS) is 1. The molecule has 156 valence electrons. The third-order valence-corrected chi connectivity index (χ3v) is 7.69. The molecule has 0 heterocycles. The van der Waals surface area contributed by atoms with Gasteiger partial charge in [0.1, 0.15) is 0 Å². The molecule has 0 aliphatic heterocycles. The zero-order valence-corrected chi connectivity index (χ0v) is 17.7. The summed E-state index contributed by atoms with van der Waals surface area (Å²) in [6.07, 6.45) is 4.69. The van der Waals surface area contributed by atoms with Gasteiger partial charge in [-0.15, -0.1) is 0 Å². The molecule has 0 radical (unpaired) electrons. The van der Waals surface area contributed by atoms with Gasteiger partial charge in [-0.05, 0) is 99.6 Å². The maximum Gasteiger partial charge on any atom is 0.309 e. The van der Waals surface area contributed by atoms with Gasteiger partial charge in [0.25, 0.3) is 0 Å². The summed E-state index contributed by atoms with van der Waals surface area (Å²) in [7, 11) is 0. The Balaban J connectivity index is 1.61. The van der Waals surface area contributed by atoms with E-state index in [1.165, 1.54) is 0 Å². The van der Waals surface area contributed by atoms with Crippen LogP contribution in [0.15, 0.2) is 48.5 Å². The molecule has 0 spiro atoms. The molecule has 4 aliphatic carbocycles. The van der Waals surface area contributed by atoms with Crippen molar-refractivity contribution in [1.29, 1.82) is 0 Å². The molecular weight excluding hydrogens is 374 g/mol. The van der Waals surface area contributed by atoms with E-state index in [0.29, 0.717) is 18.3 Å². The number of aryl methyl sites for hydroxylation is 2. The van der Waals surface area contributed by atoms with Gasteiger partial charge in [0.05, 0.1) is 10.8 Å². The maximum atomic E-state index is 14.3. The Morgan fingerprint density at radius 1 is 0.867 bits per heavy atom. The Labute approximate surface area is 177 Å². The van der Waals surface area contributed by atoms with E-state index in [2.05, 4.69) is 0 Å². The van der Waals surface area contributed by atoms with Crippen LogP contribution in [0.2, 0.25) is 0 Å². The number of rotatable bonds is 4. The SMILES string of the molecule is Cc1cccc(N(C(=O)C23CC4CC(CC(C(=O)O)(C4)C2)C3)c2cccc(C)c2)c1. The minimum Gasteiger partial charge on any atom is -0.481 e. The van der Waals surface area contributed by atoms with Crippen LogP contribution in [0, 0.1) is 36.5 Å². The van der Waals surface area contributed by atoms with Crippen LogP contribution in [0.3, 0.4) is 0 Å². The van der Waals surface area contributed by atoms with E-state index in [4.69, 9.17) is 0 Å². The number of nitrogens with zero attached hydrogens (tertiary/aromatic N) is 1. The lowest BCUT2D eigenvalue weighted by atomic mass is 9.44. The lowest BCUT2D eigenvalue weighted by Gasteiger charge is -2.60. The number of aliphatic carboxylic acids is 1. The van der Waals surface area contributed by atoms with E-state index < -0.39 is 16.8 Å². The molecule has 2 aromatic carbocycles. The van der Waals surface area contributed by atoms with Gasteiger partial charge in [0.2, 0.25) is 5.91 Å². The molecule has 6 rings (SSSR count). The Morgan fingerprint density at radius 3 is 1.83 bits per heavy atom. The first kappa shape index (κ1) is 19.3. The van der Waals surface area contributed by atoms with Crippen molar-refractivity contribution in [3.8, 4) is 0 Å². The number of carbonyl (C=O) groups excluding carboxylic acids is 1. The third kappa shape index (κ3) is 2.96. The number of anilines is 2. The Hall–Kier alpha value is -2.62. The fourth-order valence-electron chi connectivity index (χ4n) is 6.92. The molecule has 4 heteroatoms. The Morgan fingerprint density at radius 2 is 1.37 bits per heavy atom. The highest BCUT2D eigenvalue weighted by Crippen LogP contribution is 2.66. The quantitative estimate of drug-likeness (QED) is 0.719. The van der Waals surface area contributed by atoms with E-state index in [9.17, 15) is 14.7 Å². The largest absolute Gasteiger partial charge is 0.481 e. The van der Waals surface area contributed by atoms with Crippen molar-refractivity contribution in [2.24, 2.45) is 22.7 Å². The summed E-state index contributed by atoms with van der Waals surface area (Å²) in [5.41, 5.74) is 2.65. The number of carbonyl (C=O) groups is 2. The van der Waals surface area contributed by atoms with E-state index in [0.717, 1.165) is 54.6 Å². The molecule has 4 aliphatic rings. The van der Waals surface area contributed by atoms with Gasteiger partial charge >= 0.3 is 5.97 Å². The normalized spacial score (nSPS) is 31.5. The van der Waals surface area contributed by atoms with Crippen LogP contribution in [-0.4, -0.2) is 17.0 Å². The average Bonchev–Trinajstić information content (AvgIpc) is 2.67. The molecule has 0 aromatic heterocycles. The van der Waals surface area contributed by atoms with E-state index >= 15 is 0 Å². The predicted molar refractivity (Wildman–Crippen MR) is 117 cm³/mol.